The average molecular weight is 505 g/mol. The molecule has 0 aliphatic rings. The lowest BCUT2D eigenvalue weighted by Crippen LogP contribution is -2.20. The molecule has 3 aromatic rings. The van der Waals surface area contributed by atoms with Crippen molar-refractivity contribution in [2.45, 2.75) is 6.18 Å². The zero-order valence-corrected chi connectivity index (χ0v) is 18.5. The SMILES string of the molecule is COc1cc(C(=O)Nc2ccc(OCC(N)=O)cc2)ccc1Oc1ccc(C(F)(F)F)cc1[N+](=O)[O-]. The van der Waals surface area contributed by atoms with Crippen LogP contribution in [-0.4, -0.2) is 30.5 Å². The van der Waals surface area contributed by atoms with E-state index < -0.39 is 39.9 Å². The van der Waals surface area contributed by atoms with E-state index in [1.54, 1.807) is 0 Å². The Morgan fingerprint density at radius 2 is 1.67 bits per heavy atom. The lowest BCUT2D eigenvalue weighted by molar-refractivity contribution is -0.385. The molecule has 0 fully saturated rings. The summed E-state index contributed by atoms with van der Waals surface area (Å²) >= 11 is 0. The number of benzene rings is 3. The number of carbonyl (C=O) groups is 2. The van der Waals surface area contributed by atoms with Crippen molar-refractivity contribution >= 4 is 23.2 Å². The second-order valence-corrected chi connectivity index (χ2v) is 7.14. The van der Waals surface area contributed by atoms with Gasteiger partial charge in [-0.25, -0.2) is 0 Å². The Hall–Kier alpha value is -4.81. The summed E-state index contributed by atoms with van der Waals surface area (Å²) in [7, 11) is 1.26. The summed E-state index contributed by atoms with van der Waals surface area (Å²) < 4.78 is 54.6. The molecule has 0 atom stereocenters. The number of nitro benzene ring substituents is 1. The Bertz CT molecular complexity index is 1300. The molecule has 0 spiro atoms. The number of rotatable bonds is 9. The van der Waals surface area contributed by atoms with Crippen LogP contribution in [0.15, 0.2) is 60.7 Å². The minimum absolute atomic E-state index is 0.00652. The van der Waals surface area contributed by atoms with Gasteiger partial charge in [-0.05, 0) is 54.6 Å². The number of anilines is 1. The Labute approximate surface area is 201 Å². The molecule has 0 heterocycles. The van der Waals surface area contributed by atoms with Crippen LogP contribution in [0.25, 0.3) is 0 Å². The number of primary amides is 1. The van der Waals surface area contributed by atoms with Crippen molar-refractivity contribution in [3.8, 4) is 23.0 Å². The number of carbonyl (C=O) groups excluding carboxylic acids is 2. The van der Waals surface area contributed by atoms with Gasteiger partial charge in [-0.1, -0.05) is 0 Å². The number of alkyl halides is 3. The Balaban J connectivity index is 1.78. The van der Waals surface area contributed by atoms with Gasteiger partial charge < -0.3 is 25.3 Å². The number of nitrogens with two attached hydrogens (primary N) is 1. The monoisotopic (exact) mass is 505 g/mol. The maximum absolute atomic E-state index is 12.9. The lowest BCUT2D eigenvalue weighted by Gasteiger charge is -2.13. The fraction of sp³-hybridized carbons (Fsp3) is 0.130. The molecule has 0 saturated carbocycles. The Morgan fingerprint density at radius 3 is 2.25 bits per heavy atom. The molecular formula is C23H18F3N3O7. The number of amides is 2. The highest BCUT2D eigenvalue weighted by molar-refractivity contribution is 6.04. The molecule has 0 aromatic heterocycles. The maximum Gasteiger partial charge on any atom is 0.416 e. The predicted octanol–water partition coefficient (Wildman–Crippen LogP) is 4.53. The number of nitrogens with one attached hydrogen (secondary N) is 1. The second kappa shape index (κ2) is 10.6. The minimum Gasteiger partial charge on any atom is -0.493 e. The smallest absolute Gasteiger partial charge is 0.416 e. The van der Waals surface area contributed by atoms with Crippen LogP contribution in [0, 0.1) is 10.1 Å². The zero-order valence-electron chi connectivity index (χ0n) is 18.5. The van der Waals surface area contributed by atoms with E-state index in [4.69, 9.17) is 19.9 Å². The highest BCUT2D eigenvalue weighted by Gasteiger charge is 2.33. The molecule has 10 nitrogen and oxygen atoms in total. The van der Waals surface area contributed by atoms with E-state index >= 15 is 0 Å². The normalized spacial score (nSPS) is 10.9. The number of nitro groups is 1. The Kier molecular flexibility index (Phi) is 7.62. The average Bonchev–Trinajstić information content (AvgIpc) is 2.83. The van der Waals surface area contributed by atoms with Gasteiger partial charge in [0, 0.05) is 17.3 Å². The van der Waals surface area contributed by atoms with Gasteiger partial charge in [0.25, 0.3) is 11.8 Å². The predicted molar refractivity (Wildman–Crippen MR) is 120 cm³/mol. The van der Waals surface area contributed by atoms with E-state index in [1.807, 2.05) is 0 Å². The standard InChI is InChI=1S/C23H18F3N3O7/c1-34-20-10-13(22(31)28-15-4-6-16(7-5-15)35-12-21(27)30)2-8-19(20)36-18-9-3-14(23(24,25)26)11-17(18)29(32)33/h2-11H,12H2,1H3,(H2,27,30)(H,28,31). The van der Waals surface area contributed by atoms with E-state index in [9.17, 15) is 32.9 Å². The third-order valence-corrected chi connectivity index (χ3v) is 4.62. The number of methoxy groups -OCH3 is 1. The molecule has 0 bridgehead atoms. The molecule has 0 aliphatic heterocycles. The number of hydrogen-bond donors (Lipinski definition) is 2. The lowest BCUT2D eigenvalue weighted by atomic mass is 10.1. The van der Waals surface area contributed by atoms with Gasteiger partial charge in [-0.3, -0.25) is 19.7 Å². The molecule has 2 amide bonds. The van der Waals surface area contributed by atoms with Crippen LogP contribution in [0.2, 0.25) is 0 Å². The van der Waals surface area contributed by atoms with Gasteiger partial charge in [0.05, 0.1) is 17.6 Å². The van der Waals surface area contributed by atoms with Crippen LogP contribution in [-0.2, 0) is 11.0 Å². The molecule has 36 heavy (non-hydrogen) atoms. The highest BCUT2D eigenvalue weighted by Crippen LogP contribution is 2.40. The number of hydrogen-bond acceptors (Lipinski definition) is 7. The van der Waals surface area contributed by atoms with Crippen molar-refractivity contribution in [3.05, 3.63) is 81.9 Å². The van der Waals surface area contributed by atoms with Gasteiger partial charge in [0.1, 0.15) is 5.75 Å². The molecule has 13 heteroatoms. The third kappa shape index (κ3) is 6.40. The fourth-order valence-electron chi connectivity index (χ4n) is 2.93. The highest BCUT2D eigenvalue weighted by atomic mass is 19.4. The summed E-state index contributed by atoms with van der Waals surface area (Å²) in [5, 5.41) is 13.9. The molecular weight excluding hydrogens is 487 g/mol. The van der Waals surface area contributed by atoms with Gasteiger partial charge in [0.2, 0.25) is 5.75 Å². The molecule has 0 unspecified atom stereocenters. The van der Waals surface area contributed by atoms with Crippen molar-refractivity contribution in [2.75, 3.05) is 19.0 Å². The van der Waals surface area contributed by atoms with Crippen molar-refractivity contribution in [3.63, 3.8) is 0 Å². The molecule has 0 saturated heterocycles. The van der Waals surface area contributed by atoms with Crippen LogP contribution >= 0.6 is 0 Å². The zero-order chi connectivity index (χ0) is 26.5. The van der Waals surface area contributed by atoms with E-state index in [0.717, 1.165) is 6.07 Å². The summed E-state index contributed by atoms with van der Waals surface area (Å²) in [5.41, 5.74) is 3.46. The summed E-state index contributed by atoms with van der Waals surface area (Å²) in [6.07, 6.45) is -4.77. The largest absolute Gasteiger partial charge is 0.493 e. The molecule has 0 aliphatic carbocycles. The van der Waals surface area contributed by atoms with Crippen LogP contribution < -0.4 is 25.3 Å². The van der Waals surface area contributed by atoms with E-state index in [0.29, 0.717) is 23.6 Å². The third-order valence-electron chi connectivity index (χ3n) is 4.62. The van der Waals surface area contributed by atoms with Gasteiger partial charge in [-0.15, -0.1) is 0 Å². The van der Waals surface area contributed by atoms with Gasteiger partial charge >= 0.3 is 11.9 Å². The quantitative estimate of drug-likeness (QED) is 0.321. The van der Waals surface area contributed by atoms with Crippen molar-refractivity contribution < 1.29 is 41.9 Å². The first-order chi connectivity index (χ1) is 17.0. The second-order valence-electron chi connectivity index (χ2n) is 7.14. The number of ether oxygens (including phenoxy) is 3. The molecule has 3 N–H and O–H groups in total. The summed E-state index contributed by atoms with van der Waals surface area (Å²) in [5.74, 6) is -1.30. The molecule has 188 valence electrons. The Morgan fingerprint density at radius 1 is 1.00 bits per heavy atom. The summed E-state index contributed by atoms with van der Waals surface area (Å²) in [6.45, 7) is -0.296. The molecule has 3 aromatic carbocycles. The number of halogens is 3. The van der Waals surface area contributed by atoms with E-state index in [-0.39, 0.29) is 23.7 Å². The topological polar surface area (TPSA) is 143 Å². The van der Waals surface area contributed by atoms with Gasteiger partial charge in [0.15, 0.2) is 18.1 Å². The maximum atomic E-state index is 12.9. The molecule has 0 radical (unpaired) electrons. The van der Waals surface area contributed by atoms with Crippen LogP contribution in [0.1, 0.15) is 15.9 Å². The summed E-state index contributed by atoms with van der Waals surface area (Å²) in [4.78, 5) is 33.7. The van der Waals surface area contributed by atoms with Crippen LogP contribution in [0.3, 0.4) is 0 Å². The van der Waals surface area contributed by atoms with Crippen molar-refractivity contribution in [1.29, 1.82) is 0 Å². The first-order valence-corrected chi connectivity index (χ1v) is 10.0. The van der Waals surface area contributed by atoms with Crippen molar-refractivity contribution in [1.82, 2.24) is 0 Å². The minimum atomic E-state index is -4.77. The first-order valence-electron chi connectivity index (χ1n) is 10.0. The van der Waals surface area contributed by atoms with Crippen LogP contribution in [0.5, 0.6) is 23.0 Å². The fourth-order valence-corrected chi connectivity index (χ4v) is 2.93. The van der Waals surface area contributed by atoms with Crippen molar-refractivity contribution in [2.24, 2.45) is 5.73 Å². The van der Waals surface area contributed by atoms with Gasteiger partial charge in [-0.2, -0.15) is 13.2 Å². The van der Waals surface area contributed by atoms with E-state index in [1.165, 1.54) is 49.6 Å². The van der Waals surface area contributed by atoms with Crippen LogP contribution in [0.4, 0.5) is 24.5 Å². The molecule has 3 rings (SSSR count). The summed E-state index contributed by atoms with van der Waals surface area (Å²) in [6, 6.07) is 11.9. The number of nitrogens with zero attached hydrogens (tertiary/aromatic N) is 1. The first kappa shape index (κ1) is 25.8. The van der Waals surface area contributed by atoms with E-state index in [2.05, 4.69) is 5.32 Å².